The molecule has 19 heavy (non-hydrogen) atoms. The fraction of sp³-hybridized carbons (Fsp3) is 0.909. The third kappa shape index (κ3) is 4.13. The van der Waals surface area contributed by atoms with Gasteiger partial charge in [0, 0.05) is 33.8 Å². The third-order valence-corrected chi connectivity index (χ3v) is 5.23. The van der Waals surface area contributed by atoms with Crippen LogP contribution in [0.15, 0.2) is 0 Å². The van der Waals surface area contributed by atoms with Crippen LogP contribution in [0.2, 0.25) is 0 Å². The number of rotatable bonds is 6. The number of hydrogen-bond acceptors (Lipinski definition) is 4. The van der Waals surface area contributed by atoms with Gasteiger partial charge in [-0.15, -0.1) is 0 Å². The summed E-state index contributed by atoms with van der Waals surface area (Å²) in [7, 11) is -0.631. The predicted octanol–water partition coefficient (Wildman–Crippen LogP) is -0.148. The molecule has 1 N–H and O–H groups in total. The molecule has 1 saturated heterocycles. The van der Waals surface area contributed by atoms with Crippen molar-refractivity contribution in [2.75, 3.05) is 40.4 Å². The van der Waals surface area contributed by atoms with Crippen molar-refractivity contribution in [3.63, 3.8) is 0 Å². The SMILES string of the molecule is COCCN(C)S(=O)(=O)N1CC(C)CC(C(=O)O)C1. The van der Waals surface area contributed by atoms with E-state index in [4.69, 9.17) is 9.84 Å². The number of carboxylic acids is 1. The van der Waals surface area contributed by atoms with Gasteiger partial charge in [-0.25, -0.2) is 0 Å². The van der Waals surface area contributed by atoms with Gasteiger partial charge in [-0.1, -0.05) is 6.92 Å². The van der Waals surface area contributed by atoms with Crippen LogP contribution >= 0.6 is 0 Å². The van der Waals surface area contributed by atoms with E-state index in [9.17, 15) is 13.2 Å². The second kappa shape index (κ2) is 6.65. The summed E-state index contributed by atoms with van der Waals surface area (Å²) in [6, 6.07) is 0. The van der Waals surface area contributed by atoms with Crippen molar-refractivity contribution in [1.82, 2.24) is 8.61 Å². The first-order valence-electron chi connectivity index (χ1n) is 6.22. The van der Waals surface area contributed by atoms with Crippen LogP contribution in [0.1, 0.15) is 13.3 Å². The molecule has 0 aliphatic carbocycles. The molecule has 0 aromatic rings. The summed E-state index contributed by atoms with van der Waals surface area (Å²) in [4.78, 5) is 11.1. The Bertz CT molecular complexity index is 411. The maximum Gasteiger partial charge on any atom is 0.307 e. The molecule has 0 saturated carbocycles. The predicted molar refractivity (Wildman–Crippen MR) is 69.9 cm³/mol. The highest BCUT2D eigenvalue weighted by Crippen LogP contribution is 2.24. The zero-order chi connectivity index (χ0) is 14.6. The minimum Gasteiger partial charge on any atom is -0.481 e. The van der Waals surface area contributed by atoms with Gasteiger partial charge in [-0.3, -0.25) is 4.79 Å². The van der Waals surface area contributed by atoms with Crippen LogP contribution in [0.25, 0.3) is 0 Å². The second-order valence-electron chi connectivity index (χ2n) is 5.02. The summed E-state index contributed by atoms with van der Waals surface area (Å²) >= 11 is 0. The first kappa shape index (κ1) is 16.4. The Labute approximate surface area is 114 Å². The lowest BCUT2D eigenvalue weighted by atomic mass is 9.92. The molecule has 0 aromatic heterocycles. The Morgan fingerprint density at radius 2 is 2.11 bits per heavy atom. The van der Waals surface area contributed by atoms with Gasteiger partial charge < -0.3 is 9.84 Å². The van der Waals surface area contributed by atoms with Gasteiger partial charge in [0.05, 0.1) is 12.5 Å². The molecular formula is C11H22N2O5S. The number of nitrogens with zero attached hydrogens (tertiary/aromatic N) is 2. The zero-order valence-corrected chi connectivity index (χ0v) is 12.4. The fourth-order valence-corrected chi connectivity index (χ4v) is 3.71. The molecule has 1 aliphatic rings. The molecule has 2 unspecified atom stereocenters. The minimum absolute atomic E-state index is 0.0410. The van der Waals surface area contributed by atoms with E-state index >= 15 is 0 Å². The van der Waals surface area contributed by atoms with Crippen LogP contribution in [0.4, 0.5) is 0 Å². The Balaban J connectivity index is 2.79. The van der Waals surface area contributed by atoms with Crippen LogP contribution in [0.5, 0.6) is 0 Å². The van der Waals surface area contributed by atoms with E-state index in [-0.39, 0.29) is 19.0 Å². The normalized spacial score (nSPS) is 25.7. The first-order chi connectivity index (χ1) is 8.78. The molecule has 7 nitrogen and oxygen atoms in total. The van der Waals surface area contributed by atoms with Gasteiger partial charge in [0.1, 0.15) is 0 Å². The lowest BCUT2D eigenvalue weighted by Gasteiger charge is -2.35. The summed E-state index contributed by atoms with van der Waals surface area (Å²) in [5.41, 5.74) is 0. The average Bonchev–Trinajstić information content (AvgIpc) is 2.34. The number of ether oxygens (including phenoxy) is 1. The lowest BCUT2D eigenvalue weighted by molar-refractivity contribution is -0.143. The molecule has 2 atom stereocenters. The number of methoxy groups -OCH3 is 1. The van der Waals surface area contributed by atoms with Gasteiger partial charge in [0.15, 0.2) is 0 Å². The monoisotopic (exact) mass is 294 g/mol. The van der Waals surface area contributed by atoms with Gasteiger partial charge in [-0.05, 0) is 12.3 Å². The second-order valence-corrected chi connectivity index (χ2v) is 7.05. The van der Waals surface area contributed by atoms with Crippen molar-refractivity contribution in [2.24, 2.45) is 11.8 Å². The molecule has 1 aliphatic heterocycles. The number of likely N-dealkylation sites (N-methyl/N-ethyl adjacent to an activating group) is 1. The molecule has 0 spiro atoms. The van der Waals surface area contributed by atoms with Crippen molar-refractivity contribution >= 4 is 16.2 Å². The molecule has 112 valence electrons. The highest BCUT2D eigenvalue weighted by Gasteiger charge is 2.37. The van der Waals surface area contributed by atoms with Crippen LogP contribution in [-0.2, 0) is 19.7 Å². The van der Waals surface area contributed by atoms with E-state index in [2.05, 4.69) is 0 Å². The summed E-state index contributed by atoms with van der Waals surface area (Å²) in [5.74, 6) is -1.53. The highest BCUT2D eigenvalue weighted by molar-refractivity contribution is 7.86. The number of piperidine rings is 1. The van der Waals surface area contributed by atoms with E-state index in [1.165, 1.54) is 22.8 Å². The Hall–Kier alpha value is -0.700. The summed E-state index contributed by atoms with van der Waals surface area (Å²) in [6.45, 7) is 2.83. The van der Waals surface area contributed by atoms with Crippen molar-refractivity contribution in [3.05, 3.63) is 0 Å². The van der Waals surface area contributed by atoms with Gasteiger partial charge in [0.2, 0.25) is 0 Å². The highest BCUT2D eigenvalue weighted by atomic mass is 32.2. The van der Waals surface area contributed by atoms with Crippen LogP contribution in [0.3, 0.4) is 0 Å². The molecule has 1 fully saturated rings. The van der Waals surface area contributed by atoms with E-state index in [1.807, 2.05) is 6.92 Å². The summed E-state index contributed by atoms with van der Waals surface area (Å²) in [6.07, 6.45) is 0.517. The average molecular weight is 294 g/mol. The standard InChI is InChI=1S/C11H22N2O5S/c1-9-6-10(11(14)15)8-13(7-9)19(16,17)12(2)4-5-18-3/h9-10H,4-8H2,1-3H3,(H,14,15). The molecule has 0 radical (unpaired) electrons. The zero-order valence-electron chi connectivity index (χ0n) is 11.6. The van der Waals surface area contributed by atoms with Crippen LogP contribution in [0, 0.1) is 11.8 Å². The van der Waals surface area contributed by atoms with Crippen molar-refractivity contribution < 1.29 is 23.1 Å². The van der Waals surface area contributed by atoms with E-state index in [1.54, 1.807) is 0 Å². The van der Waals surface area contributed by atoms with Crippen LogP contribution in [-0.4, -0.2) is 68.5 Å². The number of carboxylic acid groups (broad SMARTS) is 1. The number of hydrogen-bond donors (Lipinski definition) is 1. The number of carbonyl (C=O) groups is 1. The fourth-order valence-electron chi connectivity index (χ4n) is 2.20. The largest absolute Gasteiger partial charge is 0.481 e. The number of aliphatic carboxylic acids is 1. The van der Waals surface area contributed by atoms with Crippen molar-refractivity contribution in [2.45, 2.75) is 13.3 Å². The van der Waals surface area contributed by atoms with Gasteiger partial charge >= 0.3 is 5.97 Å². The molecule has 1 rings (SSSR count). The molecule has 0 amide bonds. The van der Waals surface area contributed by atoms with Gasteiger partial charge in [0.25, 0.3) is 10.2 Å². The van der Waals surface area contributed by atoms with Crippen molar-refractivity contribution in [1.29, 1.82) is 0 Å². The topological polar surface area (TPSA) is 87.2 Å². The van der Waals surface area contributed by atoms with E-state index in [0.717, 1.165) is 0 Å². The molecule has 1 heterocycles. The maximum atomic E-state index is 12.3. The molecule has 8 heteroatoms. The van der Waals surface area contributed by atoms with Gasteiger partial charge in [-0.2, -0.15) is 17.0 Å². The smallest absolute Gasteiger partial charge is 0.307 e. The summed E-state index contributed by atoms with van der Waals surface area (Å²) < 4.78 is 31.9. The molecule has 0 aromatic carbocycles. The summed E-state index contributed by atoms with van der Waals surface area (Å²) in [5, 5.41) is 9.06. The Kier molecular flexibility index (Phi) is 5.72. The van der Waals surface area contributed by atoms with E-state index in [0.29, 0.717) is 19.6 Å². The van der Waals surface area contributed by atoms with Crippen molar-refractivity contribution in [3.8, 4) is 0 Å². The van der Waals surface area contributed by atoms with E-state index < -0.39 is 22.1 Å². The van der Waals surface area contributed by atoms with Crippen LogP contribution < -0.4 is 0 Å². The maximum absolute atomic E-state index is 12.3. The quantitative estimate of drug-likeness (QED) is 0.736. The Morgan fingerprint density at radius 3 is 2.63 bits per heavy atom. The molecule has 0 bridgehead atoms. The minimum atomic E-state index is -3.61. The third-order valence-electron chi connectivity index (χ3n) is 3.31. The first-order valence-corrected chi connectivity index (χ1v) is 7.62. The Morgan fingerprint density at radius 1 is 1.47 bits per heavy atom. The molecular weight excluding hydrogens is 272 g/mol. The lowest BCUT2D eigenvalue weighted by Crippen LogP contribution is -2.50.